The van der Waals surface area contributed by atoms with Gasteiger partial charge < -0.3 is 44.2 Å². The summed E-state index contributed by atoms with van der Waals surface area (Å²) in [4.78, 5) is 81.8. The second-order valence-corrected chi connectivity index (χ2v) is 32.5. The molecule has 0 aromatic heterocycles. The second kappa shape index (κ2) is 36.5. The number of hydrogen-bond acceptors (Lipinski definition) is 16. The van der Waals surface area contributed by atoms with E-state index in [0.29, 0.717) is 93.8 Å². The number of rotatable bonds is 16. The number of aromatic hydroxyl groups is 1. The van der Waals surface area contributed by atoms with Gasteiger partial charge in [0.05, 0.1) is 35.9 Å². The summed E-state index contributed by atoms with van der Waals surface area (Å²) in [6.07, 6.45) is 1.92. The molecule has 6 aromatic rings. The first-order valence-electron chi connectivity index (χ1n) is 36.7. The predicted octanol–water partition coefficient (Wildman–Crippen LogP) is 11.8. The molecule has 2 aliphatic rings. The highest BCUT2D eigenvalue weighted by atomic mass is 16.7. The minimum Gasteiger partial charge on any atom is -0.508 e. The molecule has 2 heterocycles. The number of aryl methyl sites for hydroxylation is 6. The van der Waals surface area contributed by atoms with Crippen molar-refractivity contribution in [3.8, 4) is 23.3 Å². The molecule has 584 valence electrons. The molecule has 6 amide bonds. The Morgan fingerprint density at radius 2 is 0.898 bits per heavy atom. The Balaban J connectivity index is 0.000000345. The highest BCUT2D eigenvalue weighted by molar-refractivity contribution is 6.65. The quantitative estimate of drug-likeness (QED) is 0.0330. The van der Waals surface area contributed by atoms with E-state index in [1.807, 2.05) is 180 Å². The molecule has 0 saturated carbocycles. The van der Waals surface area contributed by atoms with Gasteiger partial charge in [-0.1, -0.05) is 160 Å². The fraction of sp³-hybridized carbons (Fsp3) is 0.482. The lowest BCUT2D eigenvalue weighted by molar-refractivity contribution is 0.00578. The van der Waals surface area contributed by atoms with Crippen LogP contribution in [-0.4, -0.2) is 141 Å². The first-order valence-corrected chi connectivity index (χ1v) is 36.7. The van der Waals surface area contributed by atoms with Gasteiger partial charge in [0.15, 0.2) is 6.61 Å². The van der Waals surface area contributed by atoms with E-state index in [1.54, 1.807) is 50.2 Å². The summed E-state index contributed by atoms with van der Waals surface area (Å²) in [5.41, 5.74) is 17.2. The molecule has 3 atom stereocenters. The lowest BCUT2D eigenvalue weighted by Crippen LogP contribution is -2.56. The number of nitrogens with one attached hydrogen (secondary N) is 4. The highest BCUT2D eigenvalue weighted by Gasteiger charge is 2.53. The summed E-state index contributed by atoms with van der Waals surface area (Å²) in [7, 11) is -3.46. The number of carbonyl (C=O) groups is 6. The molecule has 0 bridgehead atoms. The van der Waals surface area contributed by atoms with Crippen molar-refractivity contribution < 1.29 is 69.2 Å². The van der Waals surface area contributed by atoms with Gasteiger partial charge in [0, 0.05) is 74.4 Å². The van der Waals surface area contributed by atoms with Crippen molar-refractivity contribution in [3.05, 3.63) is 174 Å². The van der Waals surface area contributed by atoms with Gasteiger partial charge in [0.25, 0.3) is 35.4 Å². The number of nitrogens with zero attached hydrogens (tertiary/aromatic N) is 4. The fourth-order valence-corrected chi connectivity index (χ4v) is 14.0. The number of phenols is 1. The van der Waals surface area contributed by atoms with Crippen LogP contribution < -0.4 is 47.4 Å². The first kappa shape index (κ1) is 89.6. The monoisotopic (exact) mass is 1480 g/mol. The summed E-state index contributed by atoms with van der Waals surface area (Å²) < 4.78 is 24.1. The zero-order chi connectivity index (χ0) is 80.5. The standard InChI is InChI=1S/C32H44BN3O5.C26H36BN3O4.C24H33BN2O5.CH4.H2/c1-12-26(30(5,6)7)36(29(38)23-18-20(2)17-21(3)19-23)35-28(37)24-13-14-25(27(22(24)4)39-16-15-34)33-40-31(8,9)32(10,11)41-33;1-8-22(26(5,6)7)30(25(32)19-14-16(2)13-17(3)15-19)29-24(31)20-9-10-21-23(18(20)4)34-12-11-28-27(21)33;1-8-20(24(5,6)7)27(23(30)17-12-14(2)11-15(3)13-17)26-22(29)18-9-10-19(25(31)32)21(28)16(18)4;;/h13-14,17-19,26H,12,16H2,1-11H3,(H,35,37);9-10,13-15,22,28,33H,8,11-12H2,1-7H3,(H,29,31);9-13,20,28,31-32H,8H2,1-7H3,(H,26,29);1H4;1H/t26-;22-;20-;;/m111../s1. The van der Waals surface area contributed by atoms with Gasteiger partial charge in [0.1, 0.15) is 23.3 Å². The van der Waals surface area contributed by atoms with Crippen LogP contribution in [0.3, 0.4) is 0 Å². The number of phenolic OH excluding ortho intramolecular Hbond substituents is 1. The Hall–Kier alpha value is -9.02. The Bertz CT molecular complexity index is 4240. The minimum absolute atomic E-state index is 0. The molecule has 25 heteroatoms. The van der Waals surface area contributed by atoms with Crippen LogP contribution in [0.1, 0.15) is 251 Å². The molecule has 22 nitrogen and oxygen atoms in total. The number of benzene rings is 6. The highest BCUT2D eigenvalue weighted by Crippen LogP contribution is 2.39. The van der Waals surface area contributed by atoms with Crippen LogP contribution in [0, 0.1) is 89.9 Å². The molecular weight excluding hydrogens is 1370 g/mol. The van der Waals surface area contributed by atoms with Crippen molar-refractivity contribution >= 4 is 73.1 Å². The molecular formula is C83H119B3N8O14. The molecule has 0 unspecified atom stereocenters. The van der Waals surface area contributed by atoms with Crippen LogP contribution in [0.2, 0.25) is 0 Å². The van der Waals surface area contributed by atoms with Crippen LogP contribution >= 0.6 is 0 Å². The third-order valence-electron chi connectivity index (χ3n) is 19.9. The number of carbonyl (C=O) groups excluding carboxylic acids is 6. The fourth-order valence-electron chi connectivity index (χ4n) is 14.0. The van der Waals surface area contributed by atoms with Crippen LogP contribution in [0.4, 0.5) is 0 Å². The van der Waals surface area contributed by atoms with Crippen molar-refractivity contribution in [2.24, 2.45) is 16.2 Å². The summed E-state index contributed by atoms with van der Waals surface area (Å²) in [5.74, 6) is -1.78. The van der Waals surface area contributed by atoms with E-state index in [2.05, 4.69) is 42.3 Å². The Labute approximate surface area is 643 Å². The Morgan fingerprint density at radius 1 is 0.565 bits per heavy atom. The third-order valence-corrected chi connectivity index (χ3v) is 19.9. The average molecular weight is 1490 g/mol. The maximum Gasteiger partial charge on any atom is 0.498 e. The number of fused-ring (bicyclic) bond motifs is 1. The van der Waals surface area contributed by atoms with E-state index in [9.17, 15) is 54.2 Å². The zero-order valence-corrected chi connectivity index (χ0v) is 67.5. The molecule has 108 heavy (non-hydrogen) atoms. The van der Waals surface area contributed by atoms with Crippen LogP contribution in [-0.2, 0) is 9.31 Å². The maximum atomic E-state index is 13.9. The number of amides is 6. The molecule has 6 aromatic carbocycles. The Kier molecular flexibility index (Phi) is 30.3. The third kappa shape index (κ3) is 21.5. The molecule has 1 saturated heterocycles. The van der Waals surface area contributed by atoms with Crippen molar-refractivity contribution in [2.45, 2.75) is 229 Å². The maximum absolute atomic E-state index is 13.9. The number of nitriles is 1. The molecule has 0 aliphatic carbocycles. The summed E-state index contributed by atoms with van der Waals surface area (Å²) in [6.45, 7) is 49.5. The van der Waals surface area contributed by atoms with E-state index >= 15 is 0 Å². The normalized spacial score (nSPS) is 14.5. The smallest absolute Gasteiger partial charge is 0.498 e. The SMILES string of the molecule is C.CC[C@@H](N(NC(=O)c1ccc(B(O)O)c(O)c1C)C(=O)c1cc(C)cc(C)c1)C(C)(C)C.CC[C@@H](N(NC(=O)c1ccc(B2OC(C)(C)C(C)(C)O2)c(OCC#N)c1C)C(=O)c1cc(C)cc(C)c1)C(C)(C)C.CC[C@@H](N(NC(=O)c1ccc2c(c1C)OCCNB2O)C(=O)c1cc(C)cc(C)c1)C(C)(C)C.[HH]. The summed E-state index contributed by atoms with van der Waals surface area (Å²) >= 11 is 0. The second-order valence-electron chi connectivity index (χ2n) is 32.5. The van der Waals surface area contributed by atoms with Crippen molar-refractivity contribution in [2.75, 3.05) is 19.8 Å². The predicted molar refractivity (Wildman–Crippen MR) is 431 cm³/mol. The van der Waals surface area contributed by atoms with E-state index in [4.69, 9.17) is 18.8 Å². The van der Waals surface area contributed by atoms with Crippen LogP contribution in [0.5, 0.6) is 17.2 Å². The van der Waals surface area contributed by atoms with Gasteiger partial charge in [-0.15, -0.1) is 0 Å². The number of ether oxygens (including phenoxy) is 2. The van der Waals surface area contributed by atoms with Crippen molar-refractivity contribution in [1.82, 2.24) is 36.5 Å². The average Bonchev–Trinajstić information content (AvgIpc) is 1.65. The van der Waals surface area contributed by atoms with Gasteiger partial charge in [-0.2, -0.15) is 5.26 Å². The molecule has 2 aliphatic heterocycles. The van der Waals surface area contributed by atoms with E-state index in [0.717, 1.165) is 33.4 Å². The van der Waals surface area contributed by atoms with Gasteiger partial charge in [0.2, 0.25) is 0 Å². The van der Waals surface area contributed by atoms with E-state index < -0.39 is 50.2 Å². The summed E-state index contributed by atoms with van der Waals surface area (Å²) in [5, 5.41) is 55.9. The van der Waals surface area contributed by atoms with E-state index in [1.165, 1.54) is 34.1 Å². The minimum atomic E-state index is -1.86. The molecule has 8 N–H and O–H groups in total. The molecule has 8 rings (SSSR count). The van der Waals surface area contributed by atoms with E-state index in [-0.39, 0.29) is 89.9 Å². The first-order chi connectivity index (χ1) is 49.6. The lowest BCUT2D eigenvalue weighted by atomic mass is 9.72. The van der Waals surface area contributed by atoms with Crippen molar-refractivity contribution in [3.63, 3.8) is 0 Å². The Morgan fingerprint density at radius 3 is 1.23 bits per heavy atom. The topological polar surface area (TPSA) is 302 Å². The summed E-state index contributed by atoms with van der Waals surface area (Å²) in [6, 6.07) is 27.6. The molecule has 1 fully saturated rings. The molecule has 0 radical (unpaired) electrons. The van der Waals surface area contributed by atoms with Gasteiger partial charge in [-0.05, 0) is 180 Å². The lowest BCUT2D eigenvalue weighted by Gasteiger charge is -2.39. The van der Waals surface area contributed by atoms with Gasteiger partial charge in [-0.25, -0.2) is 15.0 Å². The zero-order valence-electron chi connectivity index (χ0n) is 67.5. The van der Waals surface area contributed by atoms with Crippen LogP contribution in [0.25, 0.3) is 0 Å². The van der Waals surface area contributed by atoms with Crippen molar-refractivity contribution in [1.29, 1.82) is 5.26 Å². The number of hydrogen-bond donors (Lipinski definition) is 8. The largest absolute Gasteiger partial charge is 0.508 e. The van der Waals surface area contributed by atoms with Gasteiger partial charge >= 0.3 is 21.3 Å². The van der Waals surface area contributed by atoms with Gasteiger partial charge in [-0.3, -0.25) is 45.0 Å². The van der Waals surface area contributed by atoms with Crippen LogP contribution in [0.15, 0.2) is 91.0 Å². The number of hydrazine groups is 3. The molecule has 0 spiro atoms.